The Balaban J connectivity index is 1.82. The van der Waals surface area contributed by atoms with Gasteiger partial charge in [0.1, 0.15) is 5.82 Å². The van der Waals surface area contributed by atoms with Crippen molar-refractivity contribution in [3.05, 3.63) is 58.9 Å². The van der Waals surface area contributed by atoms with Gasteiger partial charge in [0.15, 0.2) is 0 Å². The van der Waals surface area contributed by atoms with Crippen molar-refractivity contribution < 1.29 is 4.39 Å². The minimum atomic E-state index is -0.114. The molecule has 1 nitrogen and oxygen atoms in total. The van der Waals surface area contributed by atoms with Gasteiger partial charge in [-0.15, -0.1) is 0 Å². The molecule has 1 saturated carbocycles. The average Bonchev–Trinajstić information content (AvgIpc) is 3.26. The largest absolute Gasteiger partial charge is 0.310 e. The van der Waals surface area contributed by atoms with Crippen LogP contribution in [0.4, 0.5) is 4.39 Å². The van der Waals surface area contributed by atoms with Crippen molar-refractivity contribution in [1.29, 1.82) is 0 Å². The van der Waals surface area contributed by atoms with Crippen molar-refractivity contribution in [2.45, 2.75) is 49.1 Å². The molecule has 0 bridgehead atoms. The molecule has 0 spiro atoms. The maximum atomic E-state index is 14.1. The lowest BCUT2D eigenvalue weighted by Crippen LogP contribution is -2.16. The predicted molar refractivity (Wildman–Crippen MR) is 86.3 cm³/mol. The third-order valence-corrected chi connectivity index (χ3v) is 5.02. The second-order valence-corrected chi connectivity index (χ2v) is 6.84. The summed E-state index contributed by atoms with van der Waals surface area (Å²) in [5, 5.41) is 3.41. The topological polar surface area (TPSA) is 12.0 Å². The van der Waals surface area contributed by atoms with E-state index < -0.39 is 0 Å². The highest BCUT2D eigenvalue weighted by molar-refractivity contribution is 7.99. The Labute approximate surface area is 130 Å². The van der Waals surface area contributed by atoms with Crippen molar-refractivity contribution in [3.8, 4) is 0 Å². The van der Waals surface area contributed by atoms with Gasteiger partial charge in [-0.2, -0.15) is 0 Å². The molecule has 0 atom stereocenters. The maximum absolute atomic E-state index is 14.1. The van der Waals surface area contributed by atoms with Crippen LogP contribution in [-0.2, 0) is 6.54 Å². The number of halogens is 1. The molecular formula is C18H20FNS. The highest BCUT2D eigenvalue weighted by Crippen LogP contribution is 2.33. The molecular weight excluding hydrogens is 281 g/mol. The lowest BCUT2D eigenvalue weighted by molar-refractivity contribution is 0.579. The van der Waals surface area contributed by atoms with E-state index in [4.69, 9.17) is 0 Å². The first kappa shape index (κ1) is 14.6. The fourth-order valence-corrected chi connectivity index (χ4v) is 3.31. The molecule has 1 aliphatic carbocycles. The number of nitrogens with one attached hydrogen (secondary N) is 1. The van der Waals surface area contributed by atoms with Gasteiger partial charge in [0, 0.05) is 27.9 Å². The van der Waals surface area contributed by atoms with Crippen molar-refractivity contribution in [2.24, 2.45) is 0 Å². The molecule has 110 valence electrons. The first-order valence-electron chi connectivity index (χ1n) is 7.39. The first-order chi connectivity index (χ1) is 10.1. The van der Waals surface area contributed by atoms with Gasteiger partial charge in [0.2, 0.25) is 0 Å². The van der Waals surface area contributed by atoms with Crippen LogP contribution >= 0.6 is 11.8 Å². The number of aryl methyl sites for hydroxylation is 2. The molecule has 3 heteroatoms. The molecule has 0 unspecified atom stereocenters. The lowest BCUT2D eigenvalue weighted by atomic mass is 10.1. The fourth-order valence-electron chi connectivity index (χ4n) is 2.24. The summed E-state index contributed by atoms with van der Waals surface area (Å²) < 4.78 is 14.1. The van der Waals surface area contributed by atoms with Gasteiger partial charge in [-0.3, -0.25) is 0 Å². The van der Waals surface area contributed by atoms with E-state index in [1.165, 1.54) is 24.0 Å². The molecule has 1 aliphatic rings. The summed E-state index contributed by atoms with van der Waals surface area (Å²) in [6, 6.07) is 12.3. The summed E-state index contributed by atoms with van der Waals surface area (Å²) in [4.78, 5) is 2.17. The van der Waals surface area contributed by atoms with Gasteiger partial charge in [-0.05, 0) is 62.1 Å². The van der Waals surface area contributed by atoms with Gasteiger partial charge in [-0.1, -0.05) is 23.9 Å². The number of rotatable bonds is 5. The molecule has 0 aliphatic heterocycles. The van der Waals surface area contributed by atoms with Crippen molar-refractivity contribution in [1.82, 2.24) is 5.32 Å². The van der Waals surface area contributed by atoms with Gasteiger partial charge in [0.25, 0.3) is 0 Å². The Hall–Kier alpha value is -1.32. The van der Waals surface area contributed by atoms with Crippen LogP contribution < -0.4 is 5.32 Å². The van der Waals surface area contributed by atoms with Crippen LogP contribution in [0.3, 0.4) is 0 Å². The normalized spacial score (nSPS) is 14.4. The van der Waals surface area contributed by atoms with E-state index in [0.29, 0.717) is 12.6 Å². The standard InChI is InChI=1S/C18H20FNS/c1-12-6-9-15(10-13(12)2)21-18-5-3-4-17(19)16(18)11-20-14-7-8-14/h3-6,9-10,14,20H,7-8,11H2,1-2H3. The fraction of sp³-hybridized carbons (Fsp3) is 0.333. The monoisotopic (exact) mass is 301 g/mol. The Morgan fingerprint density at radius 3 is 2.67 bits per heavy atom. The second-order valence-electron chi connectivity index (χ2n) is 5.72. The third kappa shape index (κ3) is 3.66. The van der Waals surface area contributed by atoms with Crippen LogP contribution in [0.1, 0.15) is 29.5 Å². The second kappa shape index (κ2) is 6.20. The third-order valence-electron chi connectivity index (χ3n) is 3.93. The average molecular weight is 301 g/mol. The summed E-state index contributed by atoms with van der Waals surface area (Å²) >= 11 is 1.64. The van der Waals surface area contributed by atoms with Gasteiger partial charge in [-0.25, -0.2) is 4.39 Å². The lowest BCUT2D eigenvalue weighted by Gasteiger charge is -2.12. The Kier molecular flexibility index (Phi) is 4.32. The zero-order valence-corrected chi connectivity index (χ0v) is 13.3. The van der Waals surface area contributed by atoms with Crippen LogP contribution in [0.15, 0.2) is 46.2 Å². The van der Waals surface area contributed by atoms with Crippen molar-refractivity contribution >= 4 is 11.8 Å². The Morgan fingerprint density at radius 1 is 1.14 bits per heavy atom. The molecule has 1 N–H and O–H groups in total. The highest BCUT2D eigenvalue weighted by atomic mass is 32.2. The quantitative estimate of drug-likeness (QED) is 0.847. The smallest absolute Gasteiger partial charge is 0.128 e. The zero-order chi connectivity index (χ0) is 14.8. The van der Waals surface area contributed by atoms with Crippen LogP contribution in [-0.4, -0.2) is 6.04 Å². The van der Waals surface area contributed by atoms with Gasteiger partial charge >= 0.3 is 0 Å². The SMILES string of the molecule is Cc1ccc(Sc2cccc(F)c2CNC2CC2)cc1C. The van der Waals surface area contributed by atoms with E-state index in [1.54, 1.807) is 23.9 Å². The minimum absolute atomic E-state index is 0.114. The van der Waals surface area contributed by atoms with E-state index >= 15 is 0 Å². The molecule has 0 heterocycles. The van der Waals surface area contributed by atoms with Gasteiger partial charge < -0.3 is 5.32 Å². The molecule has 2 aromatic carbocycles. The zero-order valence-electron chi connectivity index (χ0n) is 12.4. The molecule has 1 fully saturated rings. The summed E-state index contributed by atoms with van der Waals surface area (Å²) in [7, 11) is 0. The van der Waals surface area contributed by atoms with Crippen molar-refractivity contribution in [3.63, 3.8) is 0 Å². The molecule has 0 amide bonds. The van der Waals surface area contributed by atoms with E-state index in [-0.39, 0.29) is 5.82 Å². The molecule has 3 rings (SSSR count). The van der Waals surface area contributed by atoms with Crippen LogP contribution in [0.25, 0.3) is 0 Å². The Bertz CT molecular complexity index is 650. The summed E-state index contributed by atoms with van der Waals surface area (Å²) in [5.41, 5.74) is 3.34. The van der Waals surface area contributed by atoms with Crippen LogP contribution in [0, 0.1) is 19.7 Å². The molecule has 0 aromatic heterocycles. The van der Waals surface area contributed by atoms with Crippen molar-refractivity contribution in [2.75, 3.05) is 0 Å². The van der Waals surface area contributed by atoms with Crippen LogP contribution in [0.5, 0.6) is 0 Å². The minimum Gasteiger partial charge on any atom is -0.310 e. The van der Waals surface area contributed by atoms with E-state index in [1.807, 2.05) is 6.07 Å². The van der Waals surface area contributed by atoms with Crippen LogP contribution in [0.2, 0.25) is 0 Å². The summed E-state index contributed by atoms with van der Waals surface area (Å²) in [5.74, 6) is -0.114. The summed E-state index contributed by atoms with van der Waals surface area (Å²) in [6.07, 6.45) is 2.43. The Morgan fingerprint density at radius 2 is 1.95 bits per heavy atom. The molecule has 0 radical (unpaired) electrons. The number of hydrogen-bond acceptors (Lipinski definition) is 2. The number of hydrogen-bond donors (Lipinski definition) is 1. The summed E-state index contributed by atoms with van der Waals surface area (Å²) in [6.45, 7) is 4.84. The van der Waals surface area contributed by atoms with Gasteiger partial charge in [0.05, 0.1) is 0 Å². The molecule has 0 saturated heterocycles. The highest BCUT2D eigenvalue weighted by Gasteiger charge is 2.21. The van der Waals surface area contributed by atoms with E-state index in [0.717, 1.165) is 15.4 Å². The van der Waals surface area contributed by atoms with E-state index in [9.17, 15) is 4.39 Å². The molecule has 21 heavy (non-hydrogen) atoms. The first-order valence-corrected chi connectivity index (χ1v) is 8.21. The molecule has 2 aromatic rings. The maximum Gasteiger partial charge on any atom is 0.128 e. The van der Waals surface area contributed by atoms with E-state index in [2.05, 4.69) is 37.4 Å². The predicted octanol–water partition coefficient (Wildman–Crippen LogP) is 4.85. The number of benzene rings is 2.